The summed E-state index contributed by atoms with van der Waals surface area (Å²) in [5.74, 6) is -0.181. The van der Waals surface area contributed by atoms with Crippen molar-refractivity contribution in [2.45, 2.75) is 12.9 Å². The van der Waals surface area contributed by atoms with Crippen molar-refractivity contribution in [3.05, 3.63) is 29.8 Å². The van der Waals surface area contributed by atoms with Crippen LogP contribution >= 0.6 is 0 Å². The molecule has 0 spiro atoms. The van der Waals surface area contributed by atoms with Gasteiger partial charge in [-0.05, 0) is 24.7 Å². The first-order valence-corrected chi connectivity index (χ1v) is 7.39. The Morgan fingerprint density at radius 1 is 1.18 bits per heavy atom. The third-order valence-electron chi connectivity index (χ3n) is 3.62. The summed E-state index contributed by atoms with van der Waals surface area (Å²) in [4.78, 5) is 4.58. The average Bonchev–Trinajstić information content (AvgIpc) is 2.47. The second-order valence-corrected chi connectivity index (χ2v) is 5.52. The first-order valence-electron chi connectivity index (χ1n) is 7.39. The quantitative estimate of drug-likeness (QED) is 0.868. The molecule has 1 aliphatic rings. The Kier molecular flexibility index (Phi) is 6.05. The highest BCUT2D eigenvalue weighted by Crippen LogP contribution is 2.22. The molecule has 0 aliphatic carbocycles. The van der Waals surface area contributed by atoms with Gasteiger partial charge in [0.1, 0.15) is 5.75 Å². The molecule has 22 heavy (non-hydrogen) atoms. The van der Waals surface area contributed by atoms with Gasteiger partial charge in [0.05, 0.1) is 0 Å². The van der Waals surface area contributed by atoms with Crippen LogP contribution in [0.4, 0.5) is 13.2 Å². The van der Waals surface area contributed by atoms with Crippen LogP contribution in [0.3, 0.4) is 0 Å². The van der Waals surface area contributed by atoms with Crippen molar-refractivity contribution in [1.82, 2.24) is 15.1 Å². The Morgan fingerprint density at radius 3 is 2.41 bits per heavy atom. The number of benzene rings is 1. The smallest absolute Gasteiger partial charge is 0.406 e. The first kappa shape index (κ1) is 17.1. The summed E-state index contributed by atoms with van der Waals surface area (Å²) < 4.78 is 40.1. The molecule has 1 N–H and O–H groups in total. The van der Waals surface area contributed by atoms with Crippen molar-refractivity contribution in [3.63, 3.8) is 0 Å². The van der Waals surface area contributed by atoms with Crippen LogP contribution in [-0.4, -0.2) is 62.5 Å². The highest BCUT2D eigenvalue weighted by Gasteiger charge is 2.30. The lowest BCUT2D eigenvalue weighted by atomic mass is 10.2. The highest BCUT2D eigenvalue weighted by atomic mass is 19.4. The molecule has 0 unspecified atom stereocenters. The minimum Gasteiger partial charge on any atom is -0.406 e. The Hall–Kier alpha value is -1.31. The van der Waals surface area contributed by atoms with Crippen LogP contribution in [-0.2, 0) is 6.54 Å². The molecule has 1 saturated heterocycles. The molecular weight excluding hydrogens is 295 g/mol. The molecule has 0 atom stereocenters. The largest absolute Gasteiger partial charge is 0.573 e. The van der Waals surface area contributed by atoms with Crippen molar-refractivity contribution >= 4 is 0 Å². The van der Waals surface area contributed by atoms with E-state index in [9.17, 15) is 13.2 Å². The minimum atomic E-state index is -4.64. The van der Waals surface area contributed by atoms with Crippen molar-refractivity contribution in [2.75, 3.05) is 46.3 Å². The van der Waals surface area contributed by atoms with Crippen LogP contribution in [0.25, 0.3) is 0 Å². The van der Waals surface area contributed by atoms with Gasteiger partial charge in [0.2, 0.25) is 0 Å². The number of hydrogen-bond donors (Lipinski definition) is 1. The number of nitrogens with zero attached hydrogens (tertiary/aromatic N) is 2. The zero-order valence-electron chi connectivity index (χ0n) is 12.7. The number of piperazine rings is 1. The predicted molar refractivity (Wildman–Crippen MR) is 78.8 cm³/mol. The number of hydrogen-bond acceptors (Lipinski definition) is 4. The Labute approximate surface area is 128 Å². The maximum atomic E-state index is 12.1. The maximum absolute atomic E-state index is 12.1. The third-order valence-corrected chi connectivity index (χ3v) is 3.62. The predicted octanol–water partition coefficient (Wildman–Crippen LogP) is 1.92. The van der Waals surface area contributed by atoms with E-state index in [-0.39, 0.29) is 5.75 Å². The van der Waals surface area contributed by atoms with E-state index in [1.54, 1.807) is 12.1 Å². The number of ether oxygens (including phenoxy) is 1. The fraction of sp³-hybridized carbons (Fsp3) is 0.600. The van der Waals surface area contributed by atoms with Gasteiger partial charge < -0.3 is 15.0 Å². The monoisotopic (exact) mass is 317 g/mol. The Balaban J connectivity index is 1.75. The Bertz CT molecular complexity index is 444. The molecule has 2 rings (SSSR count). The van der Waals surface area contributed by atoms with E-state index in [0.717, 1.165) is 44.8 Å². The van der Waals surface area contributed by atoms with E-state index in [4.69, 9.17) is 0 Å². The van der Waals surface area contributed by atoms with E-state index in [1.165, 1.54) is 12.1 Å². The van der Waals surface area contributed by atoms with E-state index in [1.807, 2.05) is 7.05 Å². The normalized spacial score (nSPS) is 17.0. The van der Waals surface area contributed by atoms with Crippen molar-refractivity contribution < 1.29 is 17.9 Å². The molecule has 1 heterocycles. The van der Waals surface area contributed by atoms with Gasteiger partial charge in [-0.3, -0.25) is 4.90 Å². The molecule has 0 radical (unpaired) electrons. The van der Waals surface area contributed by atoms with Crippen molar-refractivity contribution in [2.24, 2.45) is 0 Å². The van der Waals surface area contributed by atoms with Gasteiger partial charge in [-0.2, -0.15) is 0 Å². The molecule has 4 nitrogen and oxygen atoms in total. The van der Waals surface area contributed by atoms with Crippen LogP contribution < -0.4 is 10.1 Å². The maximum Gasteiger partial charge on any atom is 0.573 e. The molecule has 124 valence electrons. The number of rotatable bonds is 6. The van der Waals surface area contributed by atoms with Gasteiger partial charge in [-0.1, -0.05) is 12.1 Å². The summed E-state index contributed by atoms with van der Waals surface area (Å²) >= 11 is 0. The number of alkyl halides is 3. The SMILES string of the molecule is CN(CCN1CCNCC1)Cc1ccc(OC(F)(F)F)cc1. The number of nitrogens with one attached hydrogen (secondary N) is 1. The standard InChI is InChI=1S/C15H22F3N3O/c1-20(10-11-21-8-6-19-7-9-21)12-13-2-4-14(5-3-13)22-15(16,17)18/h2-5,19H,6-12H2,1H3. The van der Waals surface area contributed by atoms with Gasteiger partial charge in [0, 0.05) is 45.8 Å². The molecule has 0 bridgehead atoms. The Morgan fingerprint density at radius 2 is 1.82 bits per heavy atom. The average molecular weight is 317 g/mol. The van der Waals surface area contributed by atoms with Crippen LogP contribution in [0.5, 0.6) is 5.75 Å². The van der Waals surface area contributed by atoms with Gasteiger partial charge in [-0.15, -0.1) is 13.2 Å². The second-order valence-electron chi connectivity index (χ2n) is 5.52. The summed E-state index contributed by atoms with van der Waals surface area (Å²) in [6.07, 6.45) is -4.64. The molecule has 0 aromatic heterocycles. The molecule has 1 aliphatic heterocycles. The van der Waals surface area contributed by atoms with Crippen LogP contribution in [0.15, 0.2) is 24.3 Å². The lowest BCUT2D eigenvalue weighted by Gasteiger charge is -2.29. The van der Waals surface area contributed by atoms with E-state index in [0.29, 0.717) is 6.54 Å². The summed E-state index contributed by atoms with van der Waals surface area (Å²) in [5.41, 5.74) is 0.970. The van der Waals surface area contributed by atoms with E-state index in [2.05, 4.69) is 19.9 Å². The van der Waals surface area contributed by atoms with E-state index >= 15 is 0 Å². The van der Waals surface area contributed by atoms with Crippen molar-refractivity contribution in [3.8, 4) is 5.75 Å². The topological polar surface area (TPSA) is 27.7 Å². The molecular formula is C15H22F3N3O. The minimum absolute atomic E-state index is 0.181. The molecule has 0 amide bonds. The summed E-state index contributed by atoms with van der Waals surface area (Å²) in [7, 11) is 2.02. The second kappa shape index (κ2) is 7.80. The van der Waals surface area contributed by atoms with Crippen LogP contribution in [0.2, 0.25) is 0 Å². The van der Waals surface area contributed by atoms with Crippen molar-refractivity contribution in [1.29, 1.82) is 0 Å². The third kappa shape index (κ3) is 6.21. The number of likely N-dealkylation sites (N-methyl/N-ethyl adjacent to an activating group) is 1. The highest BCUT2D eigenvalue weighted by molar-refractivity contribution is 5.27. The van der Waals surface area contributed by atoms with Gasteiger partial charge in [-0.25, -0.2) is 0 Å². The molecule has 0 saturated carbocycles. The first-order chi connectivity index (χ1) is 10.4. The van der Waals surface area contributed by atoms with Gasteiger partial charge in [0.25, 0.3) is 0 Å². The fourth-order valence-electron chi connectivity index (χ4n) is 2.43. The zero-order chi connectivity index (χ0) is 16.0. The van der Waals surface area contributed by atoms with Crippen LogP contribution in [0.1, 0.15) is 5.56 Å². The molecule has 1 aromatic rings. The molecule has 7 heteroatoms. The fourth-order valence-corrected chi connectivity index (χ4v) is 2.43. The zero-order valence-corrected chi connectivity index (χ0v) is 12.7. The summed E-state index contributed by atoms with van der Waals surface area (Å²) in [5, 5.41) is 3.32. The lowest BCUT2D eigenvalue weighted by Crippen LogP contribution is -2.45. The molecule has 1 aromatic carbocycles. The summed E-state index contributed by atoms with van der Waals surface area (Å²) in [6, 6.07) is 6.05. The summed E-state index contributed by atoms with van der Waals surface area (Å²) in [6.45, 7) is 6.84. The van der Waals surface area contributed by atoms with Gasteiger partial charge >= 0.3 is 6.36 Å². The van der Waals surface area contributed by atoms with E-state index < -0.39 is 6.36 Å². The number of halogens is 3. The van der Waals surface area contributed by atoms with Gasteiger partial charge in [0.15, 0.2) is 0 Å². The molecule has 1 fully saturated rings. The lowest BCUT2D eigenvalue weighted by molar-refractivity contribution is -0.274. The van der Waals surface area contributed by atoms with Crippen LogP contribution in [0, 0.1) is 0 Å².